The molecular formula is C17H19N3O3S. The van der Waals surface area contributed by atoms with Gasteiger partial charge in [-0.3, -0.25) is 15.6 Å². The largest absolute Gasteiger partial charge is 0.497 e. The third-order valence-electron chi connectivity index (χ3n) is 3.24. The van der Waals surface area contributed by atoms with Gasteiger partial charge in [-0.1, -0.05) is 30.3 Å². The molecule has 0 aliphatic rings. The average Bonchev–Trinajstić information content (AvgIpc) is 2.64. The lowest BCUT2D eigenvalue weighted by Crippen LogP contribution is -2.46. The summed E-state index contributed by atoms with van der Waals surface area (Å²) in [6.07, 6.45) is 0. The van der Waals surface area contributed by atoms with Crippen LogP contribution in [0.5, 0.6) is 11.5 Å². The van der Waals surface area contributed by atoms with Crippen LogP contribution in [0, 0.1) is 0 Å². The second-order valence-corrected chi connectivity index (χ2v) is 5.22. The zero-order valence-corrected chi connectivity index (χ0v) is 14.3. The zero-order valence-electron chi connectivity index (χ0n) is 13.5. The minimum absolute atomic E-state index is 0.319. The van der Waals surface area contributed by atoms with Crippen molar-refractivity contribution >= 4 is 23.2 Å². The molecule has 2 aromatic carbocycles. The van der Waals surface area contributed by atoms with Gasteiger partial charge in [0.2, 0.25) is 0 Å². The van der Waals surface area contributed by atoms with Gasteiger partial charge in [0.05, 0.1) is 19.8 Å². The molecule has 0 aliphatic heterocycles. The number of rotatable bonds is 5. The lowest BCUT2D eigenvalue weighted by Gasteiger charge is -2.13. The van der Waals surface area contributed by atoms with E-state index in [9.17, 15) is 4.79 Å². The molecule has 0 saturated heterocycles. The van der Waals surface area contributed by atoms with Crippen molar-refractivity contribution in [1.29, 1.82) is 0 Å². The fourth-order valence-electron chi connectivity index (χ4n) is 1.99. The molecule has 0 radical (unpaired) electrons. The molecule has 0 aromatic heterocycles. The third-order valence-corrected chi connectivity index (χ3v) is 3.49. The standard InChI is InChI=1S/C17H19N3O3S/c1-22-13-8-9-14(15(10-13)23-2)16(21)19-20-17(24)18-11-12-6-4-3-5-7-12/h3-10H,11H2,1-2H3,(H,19,21)(H2,18,20,24). The van der Waals surface area contributed by atoms with Crippen LogP contribution >= 0.6 is 12.2 Å². The summed E-state index contributed by atoms with van der Waals surface area (Å²) in [5, 5.41) is 3.33. The maximum Gasteiger partial charge on any atom is 0.273 e. The van der Waals surface area contributed by atoms with Gasteiger partial charge < -0.3 is 14.8 Å². The van der Waals surface area contributed by atoms with Gasteiger partial charge in [-0.25, -0.2) is 0 Å². The third kappa shape index (κ3) is 4.85. The van der Waals surface area contributed by atoms with Gasteiger partial charge >= 0.3 is 0 Å². The summed E-state index contributed by atoms with van der Waals surface area (Å²) < 4.78 is 10.3. The number of amides is 1. The van der Waals surface area contributed by atoms with Crippen LogP contribution in [0.2, 0.25) is 0 Å². The van der Waals surface area contributed by atoms with E-state index in [0.717, 1.165) is 5.56 Å². The van der Waals surface area contributed by atoms with Gasteiger partial charge in [0.25, 0.3) is 5.91 Å². The number of ether oxygens (including phenoxy) is 2. The van der Waals surface area contributed by atoms with Crippen LogP contribution in [-0.2, 0) is 6.54 Å². The van der Waals surface area contributed by atoms with Crippen molar-refractivity contribution < 1.29 is 14.3 Å². The molecule has 1 amide bonds. The van der Waals surface area contributed by atoms with Gasteiger partial charge in [-0.2, -0.15) is 0 Å². The van der Waals surface area contributed by atoms with Gasteiger partial charge in [0.15, 0.2) is 5.11 Å². The summed E-state index contributed by atoms with van der Waals surface area (Å²) >= 11 is 5.13. The average molecular weight is 345 g/mol. The smallest absolute Gasteiger partial charge is 0.273 e. The second kappa shape index (κ2) is 8.73. The molecule has 0 saturated carbocycles. The molecule has 0 fully saturated rings. The molecule has 0 aliphatic carbocycles. The van der Waals surface area contributed by atoms with Crippen LogP contribution in [-0.4, -0.2) is 25.2 Å². The summed E-state index contributed by atoms with van der Waals surface area (Å²) in [5.41, 5.74) is 6.66. The molecular weight excluding hydrogens is 326 g/mol. The predicted octanol–water partition coefficient (Wildman–Crippen LogP) is 2.01. The number of carbonyl (C=O) groups excluding carboxylic acids is 1. The summed E-state index contributed by atoms with van der Waals surface area (Å²) in [4.78, 5) is 12.2. The Hall–Kier alpha value is -2.80. The first-order valence-electron chi connectivity index (χ1n) is 7.24. The number of nitrogens with one attached hydrogen (secondary N) is 3. The minimum atomic E-state index is -0.363. The summed E-state index contributed by atoms with van der Waals surface area (Å²) in [5.74, 6) is 0.659. The molecule has 0 unspecified atom stereocenters. The van der Waals surface area contributed by atoms with E-state index in [1.54, 1.807) is 25.3 Å². The number of thiocarbonyl (C=S) groups is 1. The minimum Gasteiger partial charge on any atom is -0.497 e. The van der Waals surface area contributed by atoms with Crippen LogP contribution in [0.25, 0.3) is 0 Å². The number of hydrogen-bond acceptors (Lipinski definition) is 4. The normalized spacial score (nSPS) is 9.75. The number of hydrogen-bond donors (Lipinski definition) is 3. The highest BCUT2D eigenvalue weighted by molar-refractivity contribution is 7.80. The van der Waals surface area contributed by atoms with E-state index in [0.29, 0.717) is 28.7 Å². The Morgan fingerprint density at radius 3 is 2.46 bits per heavy atom. The fraction of sp³-hybridized carbons (Fsp3) is 0.176. The molecule has 7 heteroatoms. The zero-order chi connectivity index (χ0) is 17.4. The molecule has 0 heterocycles. The monoisotopic (exact) mass is 345 g/mol. The number of methoxy groups -OCH3 is 2. The first-order valence-corrected chi connectivity index (χ1v) is 7.65. The predicted molar refractivity (Wildman–Crippen MR) is 96.0 cm³/mol. The molecule has 6 nitrogen and oxygen atoms in total. The van der Waals surface area contributed by atoms with Crippen LogP contribution in [0.1, 0.15) is 15.9 Å². The molecule has 24 heavy (non-hydrogen) atoms. The molecule has 2 aromatic rings. The SMILES string of the molecule is COc1ccc(C(=O)NNC(=S)NCc2ccccc2)c(OC)c1. The summed E-state index contributed by atoms with van der Waals surface area (Å²) in [6, 6.07) is 14.8. The maximum atomic E-state index is 12.2. The molecule has 2 rings (SSSR count). The Bertz CT molecular complexity index is 707. The highest BCUT2D eigenvalue weighted by Crippen LogP contribution is 2.24. The lowest BCUT2D eigenvalue weighted by atomic mass is 10.2. The van der Waals surface area contributed by atoms with Crippen molar-refractivity contribution in [3.05, 3.63) is 59.7 Å². The Morgan fingerprint density at radius 2 is 1.79 bits per heavy atom. The van der Waals surface area contributed by atoms with Crippen LogP contribution < -0.4 is 25.6 Å². The van der Waals surface area contributed by atoms with Gasteiger partial charge in [0.1, 0.15) is 11.5 Å². The van der Waals surface area contributed by atoms with E-state index in [1.807, 2.05) is 30.3 Å². The van der Waals surface area contributed by atoms with E-state index >= 15 is 0 Å². The Kier molecular flexibility index (Phi) is 6.39. The molecule has 0 spiro atoms. The lowest BCUT2D eigenvalue weighted by molar-refractivity contribution is 0.0940. The summed E-state index contributed by atoms with van der Waals surface area (Å²) in [7, 11) is 3.04. The van der Waals surface area contributed by atoms with Gasteiger partial charge in [-0.05, 0) is 29.9 Å². The first kappa shape index (κ1) is 17.6. The number of hydrazine groups is 1. The van der Waals surface area contributed by atoms with Crippen molar-refractivity contribution in [3.8, 4) is 11.5 Å². The van der Waals surface area contributed by atoms with Gasteiger partial charge in [0, 0.05) is 12.6 Å². The number of benzene rings is 2. The van der Waals surface area contributed by atoms with E-state index in [1.165, 1.54) is 7.11 Å². The summed E-state index contributed by atoms with van der Waals surface area (Å²) in [6.45, 7) is 0.564. The molecule has 126 valence electrons. The van der Waals surface area contributed by atoms with E-state index in [2.05, 4.69) is 16.2 Å². The second-order valence-electron chi connectivity index (χ2n) is 4.81. The van der Waals surface area contributed by atoms with Crippen LogP contribution in [0.3, 0.4) is 0 Å². The maximum absolute atomic E-state index is 12.2. The Morgan fingerprint density at radius 1 is 1.04 bits per heavy atom. The van der Waals surface area contributed by atoms with E-state index in [4.69, 9.17) is 21.7 Å². The Labute approximate surface area is 146 Å². The van der Waals surface area contributed by atoms with Crippen molar-refractivity contribution in [2.75, 3.05) is 14.2 Å². The highest BCUT2D eigenvalue weighted by Gasteiger charge is 2.13. The van der Waals surface area contributed by atoms with Crippen molar-refractivity contribution in [3.63, 3.8) is 0 Å². The Balaban J connectivity index is 1.87. The molecule has 3 N–H and O–H groups in total. The van der Waals surface area contributed by atoms with E-state index < -0.39 is 0 Å². The van der Waals surface area contributed by atoms with Crippen LogP contribution in [0.15, 0.2) is 48.5 Å². The quantitative estimate of drug-likeness (QED) is 0.569. The van der Waals surface area contributed by atoms with Crippen LogP contribution in [0.4, 0.5) is 0 Å². The first-order chi connectivity index (χ1) is 11.6. The molecule has 0 bridgehead atoms. The topological polar surface area (TPSA) is 71.6 Å². The highest BCUT2D eigenvalue weighted by atomic mass is 32.1. The van der Waals surface area contributed by atoms with Gasteiger partial charge in [-0.15, -0.1) is 0 Å². The van der Waals surface area contributed by atoms with Crippen molar-refractivity contribution in [1.82, 2.24) is 16.2 Å². The molecule has 0 atom stereocenters. The number of carbonyl (C=O) groups is 1. The van der Waals surface area contributed by atoms with E-state index in [-0.39, 0.29) is 5.91 Å². The fourth-order valence-corrected chi connectivity index (χ4v) is 2.11. The van der Waals surface area contributed by atoms with Crippen molar-refractivity contribution in [2.45, 2.75) is 6.54 Å². The van der Waals surface area contributed by atoms with Crippen molar-refractivity contribution in [2.24, 2.45) is 0 Å².